The van der Waals surface area contributed by atoms with Crippen molar-refractivity contribution in [3.63, 3.8) is 0 Å². The van der Waals surface area contributed by atoms with E-state index in [1.165, 1.54) is 11.3 Å². The number of rotatable bonds is 6. The summed E-state index contributed by atoms with van der Waals surface area (Å²) in [6.45, 7) is 7.30. The van der Waals surface area contributed by atoms with Gasteiger partial charge in [-0.25, -0.2) is 0 Å². The van der Waals surface area contributed by atoms with Gasteiger partial charge in [0.25, 0.3) is 0 Å². The fourth-order valence-electron chi connectivity index (χ4n) is 2.19. The van der Waals surface area contributed by atoms with Crippen molar-refractivity contribution in [2.45, 2.75) is 32.8 Å². The quantitative estimate of drug-likeness (QED) is 0.821. The number of benzene rings is 2. The molecule has 0 aliphatic carbocycles. The largest absolute Gasteiger partial charge is 0.489 e. The number of hydrogen-bond acceptors (Lipinski definition) is 2. The molecule has 2 nitrogen and oxygen atoms in total. The van der Waals surface area contributed by atoms with E-state index in [0.29, 0.717) is 5.92 Å². The normalized spacial score (nSPS) is 12.2. The molecule has 2 heteroatoms. The van der Waals surface area contributed by atoms with Crippen LogP contribution in [0.1, 0.15) is 32.3 Å². The lowest BCUT2D eigenvalue weighted by Gasteiger charge is -2.19. The Morgan fingerprint density at radius 1 is 0.900 bits per heavy atom. The lowest BCUT2D eigenvalue weighted by Crippen LogP contribution is -2.23. The molecule has 1 N–H and O–H groups in total. The van der Waals surface area contributed by atoms with E-state index in [4.69, 9.17) is 4.74 Å². The van der Waals surface area contributed by atoms with Crippen molar-refractivity contribution in [1.82, 2.24) is 0 Å². The SMILES string of the molecule is CC(CNc1ccccc1C(C)C)Oc1ccccc1. The number of hydrogen-bond donors (Lipinski definition) is 1. The molecule has 0 saturated carbocycles. The molecular weight excluding hydrogens is 246 g/mol. The maximum Gasteiger partial charge on any atom is 0.119 e. The molecule has 0 amide bonds. The summed E-state index contributed by atoms with van der Waals surface area (Å²) >= 11 is 0. The van der Waals surface area contributed by atoms with E-state index in [9.17, 15) is 0 Å². The van der Waals surface area contributed by atoms with Gasteiger partial charge < -0.3 is 10.1 Å². The van der Waals surface area contributed by atoms with Gasteiger partial charge in [0.15, 0.2) is 0 Å². The first kappa shape index (κ1) is 14.4. The van der Waals surface area contributed by atoms with Gasteiger partial charge in [-0.1, -0.05) is 50.2 Å². The summed E-state index contributed by atoms with van der Waals surface area (Å²) in [5, 5.41) is 3.49. The number of nitrogens with one attached hydrogen (secondary N) is 1. The monoisotopic (exact) mass is 269 g/mol. The fraction of sp³-hybridized carbons (Fsp3) is 0.333. The van der Waals surface area contributed by atoms with Gasteiger partial charge in [0.1, 0.15) is 11.9 Å². The van der Waals surface area contributed by atoms with Gasteiger partial charge in [-0.05, 0) is 36.6 Å². The Morgan fingerprint density at radius 3 is 2.25 bits per heavy atom. The zero-order chi connectivity index (χ0) is 14.4. The molecule has 2 aromatic carbocycles. The Morgan fingerprint density at radius 2 is 1.55 bits per heavy atom. The van der Waals surface area contributed by atoms with E-state index in [0.717, 1.165) is 12.3 Å². The van der Waals surface area contributed by atoms with Crippen LogP contribution in [0.3, 0.4) is 0 Å². The van der Waals surface area contributed by atoms with E-state index in [2.05, 4.69) is 50.4 Å². The van der Waals surface area contributed by atoms with Crippen LogP contribution in [0.5, 0.6) is 5.75 Å². The lowest BCUT2D eigenvalue weighted by atomic mass is 10.0. The number of anilines is 1. The zero-order valence-electron chi connectivity index (χ0n) is 12.5. The van der Waals surface area contributed by atoms with Crippen molar-refractivity contribution in [2.24, 2.45) is 0 Å². The molecule has 0 aromatic heterocycles. The highest BCUT2D eigenvalue weighted by atomic mass is 16.5. The summed E-state index contributed by atoms with van der Waals surface area (Å²) in [5.41, 5.74) is 2.55. The first-order valence-electron chi connectivity index (χ1n) is 7.21. The average molecular weight is 269 g/mol. The second-order valence-corrected chi connectivity index (χ2v) is 5.36. The van der Waals surface area contributed by atoms with Crippen LogP contribution in [-0.2, 0) is 0 Å². The third kappa shape index (κ3) is 4.02. The first-order chi connectivity index (χ1) is 9.66. The zero-order valence-corrected chi connectivity index (χ0v) is 12.5. The fourth-order valence-corrected chi connectivity index (χ4v) is 2.19. The highest BCUT2D eigenvalue weighted by Gasteiger charge is 2.08. The van der Waals surface area contributed by atoms with Crippen LogP contribution in [0.15, 0.2) is 54.6 Å². The highest BCUT2D eigenvalue weighted by molar-refractivity contribution is 5.52. The van der Waals surface area contributed by atoms with Gasteiger partial charge in [0, 0.05) is 5.69 Å². The Hall–Kier alpha value is -1.96. The summed E-state index contributed by atoms with van der Waals surface area (Å²) in [5.74, 6) is 1.43. The van der Waals surface area contributed by atoms with Crippen molar-refractivity contribution in [3.05, 3.63) is 60.2 Å². The maximum atomic E-state index is 5.87. The second-order valence-electron chi connectivity index (χ2n) is 5.36. The molecule has 106 valence electrons. The van der Waals surface area contributed by atoms with Crippen LogP contribution in [0.2, 0.25) is 0 Å². The van der Waals surface area contributed by atoms with Crippen LogP contribution >= 0.6 is 0 Å². The molecule has 0 fully saturated rings. The van der Waals surface area contributed by atoms with Gasteiger partial charge in [-0.15, -0.1) is 0 Å². The topological polar surface area (TPSA) is 21.3 Å². The maximum absolute atomic E-state index is 5.87. The summed E-state index contributed by atoms with van der Waals surface area (Å²) < 4.78 is 5.87. The minimum atomic E-state index is 0.123. The van der Waals surface area contributed by atoms with Gasteiger partial charge in [-0.2, -0.15) is 0 Å². The van der Waals surface area contributed by atoms with Crippen molar-refractivity contribution < 1.29 is 4.74 Å². The Labute approximate surface area is 121 Å². The third-order valence-corrected chi connectivity index (χ3v) is 3.24. The molecule has 0 saturated heterocycles. The Bertz CT molecular complexity index is 522. The smallest absolute Gasteiger partial charge is 0.119 e. The molecule has 1 unspecified atom stereocenters. The predicted octanol–water partition coefficient (Wildman–Crippen LogP) is 4.69. The van der Waals surface area contributed by atoms with Crippen LogP contribution < -0.4 is 10.1 Å². The molecular formula is C18H23NO. The summed E-state index contributed by atoms with van der Waals surface area (Å²) in [4.78, 5) is 0. The molecule has 2 aromatic rings. The van der Waals surface area contributed by atoms with Crippen LogP contribution in [0.4, 0.5) is 5.69 Å². The van der Waals surface area contributed by atoms with Crippen molar-refractivity contribution in [2.75, 3.05) is 11.9 Å². The average Bonchev–Trinajstić information content (AvgIpc) is 2.46. The van der Waals surface area contributed by atoms with E-state index < -0.39 is 0 Å². The van der Waals surface area contributed by atoms with Gasteiger partial charge in [0.05, 0.1) is 6.54 Å². The second kappa shape index (κ2) is 6.99. The minimum absolute atomic E-state index is 0.123. The highest BCUT2D eigenvalue weighted by Crippen LogP contribution is 2.23. The van der Waals surface area contributed by atoms with Crippen molar-refractivity contribution in [1.29, 1.82) is 0 Å². The molecule has 20 heavy (non-hydrogen) atoms. The molecule has 2 rings (SSSR count). The number of ether oxygens (including phenoxy) is 1. The lowest BCUT2D eigenvalue weighted by molar-refractivity contribution is 0.234. The van der Waals surface area contributed by atoms with Crippen LogP contribution in [0.25, 0.3) is 0 Å². The summed E-state index contributed by atoms with van der Waals surface area (Å²) in [6, 6.07) is 18.4. The molecule has 0 spiro atoms. The van der Waals surface area contributed by atoms with E-state index >= 15 is 0 Å². The first-order valence-corrected chi connectivity index (χ1v) is 7.21. The summed E-state index contributed by atoms with van der Waals surface area (Å²) in [7, 11) is 0. The predicted molar refractivity (Wildman–Crippen MR) is 85.6 cm³/mol. The molecule has 0 radical (unpaired) electrons. The third-order valence-electron chi connectivity index (χ3n) is 3.24. The van der Waals surface area contributed by atoms with Gasteiger partial charge >= 0.3 is 0 Å². The van der Waals surface area contributed by atoms with E-state index in [-0.39, 0.29) is 6.10 Å². The van der Waals surface area contributed by atoms with E-state index in [1.807, 2.05) is 30.3 Å². The van der Waals surface area contributed by atoms with Gasteiger partial charge in [0.2, 0.25) is 0 Å². The van der Waals surface area contributed by atoms with Crippen LogP contribution in [0, 0.1) is 0 Å². The molecule has 0 heterocycles. The molecule has 0 bridgehead atoms. The Balaban J connectivity index is 1.92. The molecule has 0 aliphatic rings. The van der Waals surface area contributed by atoms with Gasteiger partial charge in [-0.3, -0.25) is 0 Å². The molecule has 1 atom stereocenters. The minimum Gasteiger partial charge on any atom is -0.489 e. The summed E-state index contributed by atoms with van der Waals surface area (Å²) in [6.07, 6.45) is 0.123. The standard InChI is InChI=1S/C18H23NO/c1-14(2)17-11-7-8-12-18(17)19-13-15(3)20-16-9-5-4-6-10-16/h4-12,14-15,19H,13H2,1-3H3. The van der Waals surface area contributed by atoms with E-state index in [1.54, 1.807) is 0 Å². The van der Waals surface area contributed by atoms with Crippen LogP contribution in [-0.4, -0.2) is 12.6 Å². The van der Waals surface area contributed by atoms with Crippen molar-refractivity contribution >= 4 is 5.69 Å². The van der Waals surface area contributed by atoms with Crippen molar-refractivity contribution in [3.8, 4) is 5.75 Å². The molecule has 0 aliphatic heterocycles. The Kier molecular flexibility index (Phi) is 5.05. The number of para-hydroxylation sites is 2.